The van der Waals surface area contributed by atoms with Crippen LogP contribution in [0.1, 0.15) is 43.1 Å². The number of halogens is 1. The minimum absolute atomic E-state index is 0.0717. The van der Waals surface area contributed by atoms with E-state index >= 15 is 0 Å². The van der Waals surface area contributed by atoms with Gasteiger partial charge in [0.25, 0.3) is 0 Å². The zero-order valence-electron chi connectivity index (χ0n) is 17.5. The van der Waals surface area contributed by atoms with Crippen molar-refractivity contribution in [3.63, 3.8) is 0 Å². The molecule has 2 unspecified atom stereocenters. The lowest BCUT2D eigenvalue weighted by Gasteiger charge is -2.22. The number of amides is 2. The zero-order chi connectivity index (χ0) is 21.8. The second kappa shape index (κ2) is 9.49. The molecule has 2 amide bonds. The third kappa shape index (κ3) is 4.94. The Morgan fingerprint density at radius 2 is 2.03 bits per heavy atom. The van der Waals surface area contributed by atoms with Gasteiger partial charge in [0.1, 0.15) is 16.7 Å². The van der Waals surface area contributed by atoms with Gasteiger partial charge in [0.05, 0.1) is 13.2 Å². The van der Waals surface area contributed by atoms with Crippen LogP contribution in [0.3, 0.4) is 0 Å². The van der Waals surface area contributed by atoms with Crippen molar-refractivity contribution in [1.29, 1.82) is 0 Å². The molecule has 8 nitrogen and oxygen atoms in total. The number of carbonyl (C=O) groups is 2. The van der Waals surface area contributed by atoms with E-state index in [0.29, 0.717) is 28.8 Å². The minimum atomic E-state index is -0.560. The molecule has 4 N–H and O–H groups in total. The van der Waals surface area contributed by atoms with E-state index in [1.807, 2.05) is 12.1 Å². The molecule has 0 radical (unpaired) electrons. The Balaban J connectivity index is 2.09. The van der Waals surface area contributed by atoms with Crippen molar-refractivity contribution in [3.05, 3.63) is 34.7 Å². The van der Waals surface area contributed by atoms with Crippen LogP contribution in [0.4, 0.5) is 10.5 Å². The number of fused-ring (bicyclic) bond motifs is 4. The summed E-state index contributed by atoms with van der Waals surface area (Å²) in [6, 6.07) is 5.21. The summed E-state index contributed by atoms with van der Waals surface area (Å²) in [5.74, 6) is 0.529. The number of anilines is 1. The maximum atomic E-state index is 12.9. The van der Waals surface area contributed by atoms with E-state index in [9.17, 15) is 9.59 Å². The van der Waals surface area contributed by atoms with Crippen molar-refractivity contribution in [2.45, 2.75) is 38.1 Å². The lowest BCUT2D eigenvalue weighted by Crippen LogP contribution is -2.31. The second-order valence-electron chi connectivity index (χ2n) is 7.80. The Bertz CT molecular complexity index is 927. The topological polar surface area (TPSA) is 113 Å². The van der Waals surface area contributed by atoms with Crippen LogP contribution in [-0.4, -0.2) is 48.1 Å². The molecule has 1 aromatic carbocycles. The Hall–Kier alpha value is -2.58. The highest BCUT2D eigenvalue weighted by Gasteiger charge is 2.25. The van der Waals surface area contributed by atoms with Crippen molar-refractivity contribution in [1.82, 2.24) is 14.9 Å². The van der Waals surface area contributed by atoms with Crippen molar-refractivity contribution in [3.8, 4) is 11.3 Å². The number of hydrogen-bond acceptors (Lipinski definition) is 5. The molecular weight excluding hydrogens is 406 g/mol. The van der Waals surface area contributed by atoms with Crippen LogP contribution in [0.25, 0.3) is 11.3 Å². The molecule has 2 heterocycles. The molecule has 2 bridgehead atoms. The Morgan fingerprint density at radius 1 is 1.30 bits per heavy atom. The largest absolute Gasteiger partial charge is 0.453 e. The summed E-state index contributed by atoms with van der Waals surface area (Å²) in [7, 11) is 4.84. The van der Waals surface area contributed by atoms with Gasteiger partial charge < -0.3 is 20.4 Å². The molecule has 2 atom stereocenters. The number of nitrogens with two attached hydrogens (primary N) is 1. The summed E-state index contributed by atoms with van der Waals surface area (Å²) in [6.07, 6.45) is 3.24. The molecule has 1 aliphatic rings. The SMILES string of the molecule is COC(=O)Nc1ccc2c(c1)CC(C(=O)N(C)C)CCCCC(N)c1nc-2c(Cl)[nH]1. The van der Waals surface area contributed by atoms with Gasteiger partial charge in [-0.15, -0.1) is 0 Å². The minimum Gasteiger partial charge on any atom is -0.453 e. The Labute approximate surface area is 181 Å². The molecule has 2 aromatic rings. The number of aromatic nitrogens is 2. The summed E-state index contributed by atoms with van der Waals surface area (Å²) in [5.41, 5.74) is 9.15. The highest BCUT2D eigenvalue weighted by molar-refractivity contribution is 6.32. The summed E-state index contributed by atoms with van der Waals surface area (Å²) in [5, 5.41) is 3.09. The average molecular weight is 434 g/mol. The molecule has 0 aliphatic carbocycles. The lowest BCUT2D eigenvalue weighted by molar-refractivity contribution is -0.133. The number of rotatable bonds is 2. The van der Waals surface area contributed by atoms with Gasteiger partial charge in [0.2, 0.25) is 5.91 Å². The molecule has 1 aromatic heterocycles. The highest BCUT2D eigenvalue weighted by Crippen LogP contribution is 2.35. The van der Waals surface area contributed by atoms with Gasteiger partial charge in [-0.2, -0.15) is 0 Å². The van der Waals surface area contributed by atoms with E-state index in [0.717, 1.165) is 36.8 Å². The zero-order valence-corrected chi connectivity index (χ0v) is 18.3. The molecule has 9 heteroatoms. The van der Waals surface area contributed by atoms with Crippen molar-refractivity contribution < 1.29 is 14.3 Å². The molecule has 1 aliphatic heterocycles. The number of nitrogens with zero attached hydrogens (tertiary/aromatic N) is 2. The number of benzene rings is 1. The van der Waals surface area contributed by atoms with Gasteiger partial charge in [-0.1, -0.05) is 30.5 Å². The van der Waals surface area contributed by atoms with Gasteiger partial charge in [-0.25, -0.2) is 9.78 Å². The number of carbonyl (C=O) groups excluding carboxylic acids is 2. The summed E-state index contributed by atoms with van der Waals surface area (Å²) in [6.45, 7) is 0. The lowest BCUT2D eigenvalue weighted by atomic mass is 9.89. The Kier molecular flexibility index (Phi) is 6.99. The fraction of sp³-hybridized carbons (Fsp3) is 0.476. The maximum absolute atomic E-state index is 12.9. The summed E-state index contributed by atoms with van der Waals surface area (Å²) < 4.78 is 4.69. The normalized spacial score (nSPS) is 19.1. The van der Waals surface area contributed by atoms with Crippen LogP contribution in [-0.2, 0) is 16.0 Å². The van der Waals surface area contributed by atoms with E-state index in [-0.39, 0.29) is 17.9 Å². The molecule has 0 saturated heterocycles. The number of H-pyrrole nitrogens is 1. The molecule has 30 heavy (non-hydrogen) atoms. The maximum Gasteiger partial charge on any atom is 0.411 e. The molecule has 0 spiro atoms. The first-order chi connectivity index (χ1) is 14.3. The fourth-order valence-corrected chi connectivity index (χ4v) is 4.04. The molecule has 0 fully saturated rings. The molecule has 0 saturated carbocycles. The smallest absolute Gasteiger partial charge is 0.411 e. The van der Waals surface area contributed by atoms with Crippen molar-refractivity contribution in [2.75, 3.05) is 26.5 Å². The second-order valence-corrected chi connectivity index (χ2v) is 8.18. The van der Waals surface area contributed by atoms with E-state index in [1.54, 1.807) is 25.1 Å². The molecule has 3 rings (SSSR count). The van der Waals surface area contributed by atoms with Gasteiger partial charge in [-0.3, -0.25) is 10.1 Å². The number of ether oxygens (including phenoxy) is 1. The average Bonchev–Trinajstić information content (AvgIpc) is 3.10. The third-order valence-electron chi connectivity index (χ3n) is 5.40. The van der Waals surface area contributed by atoms with Gasteiger partial charge in [0.15, 0.2) is 0 Å². The Morgan fingerprint density at radius 3 is 2.73 bits per heavy atom. The van der Waals surface area contributed by atoms with E-state index in [2.05, 4.69) is 15.3 Å². The summed E-state index contributed by atoms with van der Waals surface area (Å²) >= 11 is 6.47. The van der Waals surface area contributed by atoms with Gasteiger partial charge in [0, 0.05) is 31.3 Å². The highest BCUT2D eigenvalue weighted by atomic mass is 35.5. The first-order valence-corrected chi connectivity index (χ1v) is 10.4. The predicted octanol–water partition coefficient (Wildman–Crippen LogP) is 3.73. The predicted molar refractivity (Wildman–Crippen MR) is 116 cm³/mol. The van der Waals surface area contributed by atoms with E-state index in [1.165, 1.54) is 7.11 Å². The fourth-order valence-electron chi connectivity index (χ4n) is 3.80. The van der Waals surface area contributed by atoms with E-state index < -0.39 is 6.09 Å². The number of aromatic amines is 1. The van der Waals surface area contributed by atoms with Crippen LogP contribution >= 0.6 is 11.6 Å². The first-order valence-electron chi connectivity index (χ1n) is 10.0. The van der Waals surface area contributed by atoms with Crippen molar-refractivity contribution in [2.24, 2.45) is 11.7 Å². The van der Waals surface area contributed by atoms with Crippen LogP contribution in [0.5, 0.6) is 0 Å². The van der Waals surface area contributed by atoms with Crippen LogP contribution in [0, 0.1) is 5.92 Å². The van der Waals surface area contributed by atoms with E-state index in [4.69, 9.17) is 22.1 Å². The third-order valence-corrected chi connectivity index (χ3v) is 5.67. The first kappa shape index (κ1) is 22.1. The quantitative estimate of drug-likeness (QED) is 0.667. The standard InChI is InChI=1S/C21H28ClN5O3/c1-27(2)20(28)12-6-4-5-7-16(23)19-25-17(18(22)26-19)15-9-8-14(11-13(15)10-12)24-21(29)30-3/h8-9,11-12,16H,4-7,10,23H2,1-3H3,(H,24,29)(H,25,26). The monoisotopic (exact) mass is 433 g/mol. The van der Waals surface area contributed by atoms with Crippen LogP contribution in [0.15, 0.2) is 18.2 Å². The van der Waals surface area contributed by atoms with Gasteiger partial charge in [-0.05, 0) is 37.0 Å². The number of imidazole rings is 1. The summed E-state index contributed by atoms with van der Waals surface area (Å²) in [4.78, 5) is 33.9. The number of nitrogens with one attached hydrogen (secondary N) is 2. The van der Waals surface area contributed by atoms with Crippen LogP contribution < -0.4 is 11.1 Å². The van der Waals surface area contributed by atoms with Crippen LogP contribution in [0.2, 0.25) is 5.15 Å². The number of methoxy groups -OCH3 is 1. The van der Waals surface area contributed by atoms with Gasteiger partial charge >= 0.3 is 6.09 Å². The number of hydrogen-bond donors (Lipinski definition) is 3. The van der Waals surface area contributed by atoms with Crippen molar-refractivity contribution >= 4 is 29.3 Å². The molecule has 162 valence electrons. The molecular formula is C21H28ClN5O3.